The van der Waals surface area contributed by atoms with Crippen LogP contribution in [-0.2, 0) is 0 Å². The van der Waals surface area contributed by atoms with Gasteiger partial charge in [-0.15, -0.1) is 0 Å². The molecule has 2 atom stereocenters. The Morgan fingerprint density at radius 2 is 2.00 bits per heavy atom. The molecule has 1 aromatic carbocycles. The van der Waals surface area contributed by atoms with Crippen molar-refractivity contribution in [3.05, 3.63) is 34.9 Å². The lowest BCUT2D eigenvalue weighted by Crippen LogP contribution is -2.37. The first-order valence-corrected chi connectivity index (χ1v) is 7.43. The first-order chi connectivity index (χ1) is 9.16. The molecule has 106 valence electrons. The Labute approximate surface area is 120 Å². The highest BCUT2D eigenvalue weighted by Crippen LogP contribution is 2.21. The van der Waals surface area contributed by atoms with E-state index >= 15 is 0 Å². The van der Waals surface area contributed by atoms with Crippen LogP contribution in [0.1, 0.15) is 31.4 Å². The summed E-state index contributed by atoms with van der Waals surface area (Å²) in [5, 5.41) is 14.2. The van der Waals surface area contributed by atoms with Crippen molar-refractivity contribution in [1.82, 2.24) is 10.2 Å². The van der Waals surface area contributed by atoms with Gasteiger partial charge in [-0.1, -0.05) is 29.8 Å². The summed E-state index contributed by atoms with van der Waals surface area (Å²) in [7, 11) is 0. The maximum absolute atomic E-state index is 10.0. The Kier molecular flexibility index (Phi) is 5.64. The summed E-state index contributed by atoms with van der Waals surface area (Å²) in [6.45, 7) is 5.68. The second kappa shape index (κ2) is 7.25. The first kappa shape index (κ1) is 14.8. The van der Waals surface area contributed by atoms with E-state index in [9.17, 15) is 5.11 Å². The van der Waals surface area contributed by atoms with Gasteiger partial charge in [-0.25, -0.2) is 0 Å². The average Bonchev–Trinajstić information content (AvgIpc) is 2.89. The minimum absolute atomic E-state index is 0.155. The number of nitrogens with zero attached hydrogens (tertiary/aromatic N) is 1. The number of β-amino-alcohol motifs (C(OH)–C–C–N with tert-alkyl or cyclic N) is 1. The Morgan fingerprint density at radius 1 is 1.32 bits per heavy atom. The Balaban J connectivity index is 1.76. The molecule has 1 aliphatic heterocycles. The lowest BCUT2D eigenvalue weighted by molar-refractivity contribution is 0.121. The topological polar surface area (TPSA) is 35.5 Å². The normalized spacial score (nSPS) is 19.5. The number of hydrogen-bond donors (Lipinski definition) is 2. The monoisotopic (exact) mass is 282 g/mol. The molecule has 2 N–H and O–H groups in total. The van der Waals surface area contributed by atoms with E-state index in [1.54, 1.807) is 0 Å². The minimum atomic E-state index is -0.317. The first-order valence-electron chi connectivity index (χ1n) is 7.05. The van der Waals surface area contributed by atoms with Crippen LogP contribution in [0.15, 0.2) is 24.3 Å². The van der Waals surface area contributed by atoms with Crippen LogP contribution in [0.25, 0.3) is 0 Å². The molecule has 0 aliphatic carbocycles. The van der Waals surface area contributed by atoms with E-state index < -0.39 is 0 Å². The van der Waals surface area contributed by atoms with Crippen molar-refractivity contribution in [3.63, 3.8) is 0 Å². The van der Waals surface area contributed by atoms with Gasteiger partial charge in [0.25, 0.3) is 0 Å². The molecule has 4 heteroatoms. The number of hydrogen-bond acceptors (Lipinski definition) is 3. The molecule has 0 saturated carbocycles. The molecular formula is C15H23ClN2O. The van der Waals surface area contributed by atoms with Crippen molar-refractivity contribution in [2.45, 2.75) is 31.9 Å². The van der Waals surface area contributed by atoms with Crippen molar-refractivity contribution in [3.8, 4) is 0 Å². The molecule has 0 aromatic heterocycles. The summed E-state index contributed by atoms with van der Waals surface area (Å²) >= 11 is 6.16. The van der Waals surface area contributed by atoms with Crippen LogP contribution in [0.5, 0.6) is 0 Å². The minimum Gasteiger partial charge on any atom is -0.390 e. The number of nitrogens with one attached hydrogen (secondary N) is 1. The molecule has 1 aromatic rings. The van der Waals surface area contributed by atoms with Gasteiger partial charge in [-0.2, -0.15) is 0 Å². The molecule has 0 spiro atoms. The zero-order valence-corrected chi connectivity index (χ0v) is 12.2. The van der Waals surface area contributed by atoms with Crippen LogP contribution in [0.2, 0.25) is 5.02 Å². The number of aliphatic hydroxyl groups is 1. The zero-order chi connectivity index (χ0) is 13.7. The van der Waals surface area contributed by atoms with Crippen LogP contribution in [0.4, 0.5) is 0 Å². The number of halogens is 1. The van der Waals surface area contributed by atoms with Crippen LogP contribution in [0, 0.1) is 0 Å². The van der Waals surface area contributed by atoms with Gasteiger partial charge in [0.2, 0.25) is 0 Å². The largest absolute Gasteiger partial charge is 0.390 e. The van der Waals surface area contributed by atoms with Crippen LogP contribution >= 0.6 is 11.6 Å². The van der Waals surface area contributed by atoms with Crippen LogP contribution in [0.3, 0.4) is 0 Å². The fourth-order valence-electron chi connectivity index (χ4n) is 2.58. The summed E-state index contributed by atoms with van der Waals surface area (Å²) in [6.07, 6.45) is 2.20. The summed E-state index contributed by atoms with van der Waals surface area (Å²) in [6, 6.07) is 7.99. The van der Waals surface area contributed by atoms with Crippen molar-refractivity contribution < 1.29 is 5.11 Å². The van der Waals surface area contributed by atoms with Crippen molar-refractivity contribution in [2.24, 2.45) is 0 Å². The average molecular weight is 283 g/mol. The van der Waals surface area contributed by atoms with Gasteiger partial charge < -0.3 is 15.3 Å². The third kappa shape index (κ3) is 4.46. The maximum atomic E-state index is 10.0. The Hall–Kier alpha value is -0.610. The third-order valence-electron chi connectivity index (χ3n) is 3.70. The predicted molar refractivity (Wildman–Crippen MR) is 79.6 cm³/mol. The van der Waals surface area contributed by atoms with Gasteiger partial charge in [0.1, 0.15) is 0 Å². The van der Waals surface area contributed by atoms with E-state index in [1.807, 2.05) is 24.3 Å². The molecular weight excluding hydrogens is 260 g/mol. The van der Waals surface area contributed by atoms with Crippen LogP contribution in [-0.4, -0.2) is 42.3 Å². The lowest BCUT2D eigenvalue weighted by Gasteiger charge is -2.22. The molecule has 3 nitrogen and oxygen atoms in total. The smallest absolute Gasteiger partial charge is 0.0791 e. The third-order valence-corrected chi connectivity index (χ3v) is 4.04. The van der Waals surface area contributed by atoms with Gasteiger partial charge in [0.15, 0.2) is 0 Å². The molecule has 0 amide bonds. The van der Waals surface area contributed by atoms with E-state index in [4.69, 9.17) is 11.6 Å². The highest BCUT2D eigenvalue weighted by Gasteiger charge is 2.16. The number of aliphatic hydroxyl groups excluding tert-OH is 1. The van der Waals surface area contributed by atoms with Crippen molar-refractivity contribution in [2.75, 3.05) is 26.2 Å². The summed E-state index contributed by atoms with van der Waals surface area (Å²) < 4.78 is 0. The molecule has 2 unspecified atom stereocenters. The highest BCUT2D eigenvalue weighted by molar-refractivity contribution is 6.31. The Morgan fingerprint density at radius 3 is 2.68 bits per heavy atom. The number of rotatable bonds is 6. The van der Waals surface area contributed by atoms with Gasteiger partial charge >= 0.3 is 0 Å². The molecule has 1 aliphatic rings. The van der Waals surface area contributed by atoms with Gasteiger partial charge in [0, 0.05) is 24.2 Å². The predicted octanol–water partition coefficient (Wildman–Crippen LogP) is 2.45. The van der Waals surface area contributed by atoms with Crippen molar-refractivity contribution >= 4 is 11.6 Å². The van der Waals surface area contributed by atoms with E-state index in [0.717, 1.165) is 30.2 Å². The van der Waals surface area contributed by atoms with Crippen LogP contribution < -0.4 is 5.32 Å². The summed E-state index contributed by atoms with van der Waals surface area (Å²) in [4.78, 5) is 2.33. The standard InChI is InChI=1S/C15H23ClN2O/c1-12(14-6-2-3-7-15(14)16)17-10-13(19)11-18-8-4-5-9-18/h2-3,6-7,12-13,17,19H,4-5,8-11H2,1H3. The molecule has 0 radical (unpaired) electrons. The fourth-order valence-corrected chi connectivity index (χ4v) is 2.88. The zero-order valence-electron chi connectivity index (χ0n) is 11.5. The number of likely N-dealkylation sites (tertiary alicyclic amines) is 1. The van der Waals surface area contributed by atoms with Gasteiger partial charge in [-0.3, -0.25) is 0 Å². The molecule has 1 fully saturated rings. The second-order valence-electron chi connectivity index (χ2n) is 5.31. The molecule has 1 saturated heterocycles. The van der Waals surface area contributed by atoms with E-state index in [0.29, 0.717) is 6.54 Å². The van der Waals surface area contributed by atoms with Gasteiger partial charge in [-0.05, 0) is 44.5 Å². The van der Waals surface area contributed by atoms with Crippen molar-refractivity contribution in [1.29, 1.82) is 0 Å². The van der Waals surface area contributed by atoms with Gasteiger partial charge in [0.05, 0.1) is 6.10 Å². The number of benzene rings is 1. The fraction of sp³-hybridized carbons (Fsp3) is 0.600. The summed E-state index contributed by atoms with van der Waals surface area (Å²) in [5.41, 5.74) is 1.08. The molecule has 2 rings (SSSR count). The summed E-state index contributed by atoms with van der Waals surface area (Å²) in [5.74, 6) is 0. The quantitative estimate of drug-likeness (QED) is 0.841. The van der Waals surface area contributed by atoms with E-state index in [1.165, 1.54) is 12.8 Å². The molecule has 1 heterocycles. The second-order valence-corrected chi connectivity index (χ2v) is 5.72. The van der Waals surface area contributed by atoms with E-state index in [2.05, 4.69) is 17.1 Å². The Bertz CT molecular complexity index is 393. The SMILES string of the molecule is CC(NCC(O)CN1CCCC1)c1ccccc1Cl. The maximum Gasteiger partial charge on any atom is 0.0791 e. The molecule has 19 heavy (non-hydrogen) atoms. The lowest BCUT2D eigenvalue weighted by atomic mass is 10.1. The van der Waals surface area contributed by atoms with E-state index in [-0.39, 0.29) is 12.1 Å². The molecule has 0 bridgehead atoms. The highest BCUT2D eigenvalue weighted by atomic mass is 35.5.